The quantitative estimate of drug-likeness (QED) is 0.567. The van der Waals surface area contributed by atoms with Crippen LogP contribution in [0.5, 0.6) is 0 Å². The van der Waals surface area contributed by atoms with Crippen molar-refractivity contribution in [3.05, 3.63) is 47.8 Å². The summed E-state index contributed by atoms with van der Waals surface area (Å²) in [6, 6.07) is 0. The summed E-state index contributed by atoms with van der Waals surface area (Å²) in [6.45, 7) is 5.48. The molecule has 1 rings (SSSR count). The Kier molecular flexibility index (Phi) is 2.32. The number of hydrogen-bond donors (Lipinski definition) is 1. The van der Waals surface area contributed by atoms with E-state index in [4.69, 9.17) is 5.11 Å². The molecule has 0 atom stereocenters. The average molecular weight is 148 g/mol. The van der Waals surface area contributed by atoms with E-state index < -0.39 is 0 Å². The Labute approximate surface area is 67.1 Å². The highest BCUT2D eigenvalue weighted by Crippen LogP contribution is 2.16. The van der Waals surface area contributed by atoms with Gasteiger partial charge in [0.2, 0.25) is 0 Å². The zero-order valence-electron chi connectivity index (χ0n) is 6.67. The molecule has 58 valence electrons. The van der Waals surface area contributed by atoms with E-state index in [1.165, 1.54) is 0 Å². The second kappa shape index (κ2) is 3.24. The average Bonchev–Trinajstić information content (AvgIpc) is 2.13. The third kappa shape index (κ3) is 2.11. The molecule has 1 aliphatic rings. The summed E-state index contributed by atoms with van der Waals surface area (Å²) in [5, 5.41) is 9.10. The Balaban J connectivity index is 2.90. The predicted molar refractivity (Wildman–Crippen MR) is 47.4 cm³/mol. The zero-order valence-corrected chi connectivity index (χ0v) is 6.67. The molecule has 0 spiro atoms. The minimum atomic E-state index is 0.171. The van der Waals surface area contributed by atoms with E-state index in [2.05, 4.69) is 6.58 Å². The Bertz CT molecular complexity index is 254. The Morgan fingerprint density at radius 3 is 3.00 bits per heavy atom. The van der Waals surface area contributed by atoms with Gasteiger partial charge in [0.1, 0.15) is 5.76 Å². The summed E-state index contributed by atoms with van der Waals surface area (Å²) in [5.41, 5.74) is 2.04. The van der Waals surface area contributed by atoms with Gasteiger partial charge in [-0.2, -0.15) is 0 Å². The summed E-state index contributed by atoms with van der Waals surface area (Å²) in [7, 11) is 0. The first kappa shape index (κ1) is 7.86. The molecule has 0 radical (unpaired) electrons. The lowest BCUT2D eigenvalue weighted by atomic mass is 10.1. The third-order valence-electron chi connectivity index (χ3n) is 1.61. The molecule has 0 saturated heterocycles. The van der Waals surface area contributed by atoms with Gasteiger partial charge in [-0.25, -0.2) is 0 Å². The van der Waals surface area contributed by atoms with Crippen molar-refractivity contribution in [2.45, 2.75) is 13.3 Å². The van der Waals surface area contributed by atoms with Crippen LogP contribution < -0.4 is 0 Å². The van der Waals surface area contributed by atoms with Crippen molar-refractivity contribution >= 4 is 0 Å². The zero-order chi connectivity index (χ0) is 8.27. The van der Waals surface area contributed by atoms with Crippen molar-refractivity contribution in [2.24, 2.45) is 0 Å². The maximum absolute atomic E-state index is 9.10. The van der Waals surface area contributed by atoms with Gasteiger partial charge in [-0.05, 0) is 18.9 Å². The Morgan fingerprint density at radius 2 is 2.36 bits per heavy atom. The van der Waals surface area contributed by atoms with E-state index >= 15 is 0 Å². The van der Waals surface area contributed by atoms with Crippen molar-refractivity contribution in [2.75, 3.05) is 0 Å². The molecule has 0 bridgehead atoms. The molecule has 0 aromatic rings. The van der Waals surface area contributed by atoms with Crippen molar-refractivity contribution in [1.29, 1.82) is 0 Å². The number of hydrogen-bond acceptors (Lipinski definition) is 1. The van der Waals surface area contributed by atoms with Crippen LogP contribution in [-0.2, 0) is 0 Å². The first-order valence-corrected chi connectivity index (χ1v) is 3.62. The Hall–Kier alpha value is -1.24. The van der Waals surface area contributed by atoms with Crippen molar-refractivity contribution in [3.8, 4) is 0 Å². The highest BCUT2D eigenvalue weighted by atomic mass is 16.3. The molecule has 1 heteroatoms. The van der Waals surface area contributed by atoms with Crippen LogP contribution in [0.15, 0.2) is 47.8 Å². The van der Waals surface area contributed by atoms with Crippen LogP contribution in [-0.4, -0.2) is 5.11 Å². The van der Waals surface area contributed by atoms with Crippen molar-refractivity contribution in [1.82, 2.24) is 0 Å². The van der Waals surface area contributed by atoms with Gasteiger partial charge in [-0.1, -0.05) is 36.5 Å². The molecule has 0 unspecified atom stereocenters. The summed E-state index contributed by atoms with van der Waals surface area (Å²) in [4.78, 5) is 0. The standard InChI is InChI=1S/C10H12O/c1-8-5-3-4-6-10(7-8)9(2)11/h3-5,7,11H,2,6H2,1H3. The fourth-order valence-corrected chi connectivity index (χ4v) is 0.998. The summed E-state index contributed by atoms with van der Waals surface area (Å²) >= 11 is 0. The van der Waals surface area contributed by atoms with Gasteiger partial charge in [-0.3, -0.25) is 0 Å². The fourth-order valence-electron chi connectivity index (χ4n) is 0.998. The van der Waals surface area contributed by atoms with E-state index in [1.54, 1.807) is 0 Å². The van der Waals surface area contributed by atoms with Gasteiger partial charge in [0.25, 0.3) is 0 Å². The second-order valence-electron chi connectivity index (χ2n) is 2.66. The van der Waals surface area contributed by atoms with E-state index in [1.807, 2.05) is 31.2 Å². The van der Waals surface area contributed by atoms with Crippen LogP contribution in [0.2, 0.25) is 0 Å². The summed E-state index contributed by atoms with van der Waals surface area (Å²) < 4.78 is 0. The van der Waals surface area contributed by atoms with Crippen LogP contribution in [0.1, 0.15) is 13.3 Å². The highest BCUT2D eigenvalue weighted by molar-refractivity contribution is 5.37. The lowest BCUT2D eigenvalue weighted by Crippen LogP contribution is -1.84. The molecular weight excluding hydrogens is 136 g/mol. The molecule has 1 N–H and O–H groups in total. The van der Waals surface area contributed by atoms with E-state index in [0.717, 1.165) is 17.6 Å². The molecule has 0 amide bonds. The monoisotopic (exact) mass is 148 g/mol. The summed E-state index contributed by atoms with van der Waals surface area (Å²) in [6.07, 6.45) is 8.72. The van der Waals surface area contributed by atoms with Gasteiger partial charge in [-0.15, -0.1) is 0 Å². The molecule has 1 aliphatic carbocycles. The van der Waals surface area contributed by atoms with Crippen molar-refractivity contribution < 1.29 is 5.11 Å². The molecule has 1 nitrogen and oxygen atoms in total. The van der Waals surface area contributed by atoms with Crippen LogP contribution in [0.3, 0.4) is 0 Å². The maximum Gasteiger partial charge on any atom is 0.111 e. The minimum absolute atomic E-state index is 0.171. The molecule has 0 heterocycles. The first-order chi connectivity index (χ1) is 5.20. The van der Waals surface area contributed by atoms with E-state index in [0.29, 0.717) is 0 Å². The van der Waals surface area contributed by atoms with Crippen LogP contribution in [0.25, 0.3) is 0 Å². The molecular formula is C10H12O. The van der Waals surface area contributed by atoms with Gasteiger partial charge >= 0.3 is 0 Å². The number of aliphatic hydroxyl groups excluding tert-OH is 1. The lowest BCUT2D eigenvalue weighted by Gasteiger charge is -1.99. The third-order valence-corrected chi connectivity index (χ3v) is 1.61. The Morgan fingerprint density at radius 1 is 1.64 bits per heavy atom. The number of allylic oxidation sites excluding steroid dienone is 6. The van der Waals surface area contributed by atoms with Crippen LogP contribution >= 0.6 is 0 Å². The first-order valence-electron chi connectivity index (χ1n) is 3.62. The molecule has 0 saturated carbocycles. The van der Waals surface area contributed by atoms with Gasteiger partial charge in [0.15, 0.2) is 0 Å². The van der Waals surface area contributed by atoms with Gasteiger partial charge < -0.3 is 5.11 Å². The molecule has 11 heavy (non-hydrogen) atoms. The molecule has 0 aromatic heterocycles. The van der Waals surface area contributed by atoms with E-state index in [-0.39, 0.29) is 5.76 Å². The topological polar surface area (TPSA) is 20.2 Å². The minimum Gasteiger partial charge on any atom is -0.508 e. The lowest BCUT2D eigenvalue weighted by molar-refractivity contribution is 0.424. The molecule has 0 aliphatic heterocycles. The predicted octanol–water partition coefficient (Wildman–Crippen LogP) is 2.89. The van der Waals surface area contributed by atoms with Crippen LogP contribution in [0.4, 0.5) is 0 Å². The normalized spacial score (nSPS) is 16.8. The molecule has 0 fully saturated rings. The van der Waals surface area contributed by atoms with Crippen LogP contribution in [0, 0.1) is 0 Å². The second-order valence-corrected chi connectivity index (χ2v) is 2.66. The smallest absolute Gasteiger partial charge is 0.111 e. The number of aliphatic hydroxyl groups is 1. The van der Waals surface area contributed by atoms with Gasteiger partial charge in [0.05, 0.1) is 0 Å². The molecule has 0 aromatic carbocycles. The highest BCUT2D eigenvalue weighted by Gasteiger charge is 2.00. The largest absolute Gasteiger partial charge is 0.508 e. The van der Waals surface area contributed by atoms with Gasteiger partial charge in [0, 0.05) is 0 Å². The summed E-state index contributed by atoms with van der Waals surface area (Å²) in [5.74, 6) is 0.171. The fraction of sp³-hybridized carbons (Fsp3) is 0.200. The number of rotatable bonds is 1. The van der Waals surface area contributed by atoms with Crippen molar-refractivity contribution in [3.63, 3.8) is 0 Å². The maximum atomic E-state index is 9.10. The SMILES string of the molecule is C=C(O)C1=CC(C)=CC=CC1. The van der Waals surface area contributed by atoms with E-state index in [9.17, 15) is 0 Å².